The van der Waals surface area contributed by atoms with E-state index in [4.69, 9.17) is 9.26 Å². The second-order valence-electron chi connectivity index (χ2n) is 4.77. The van der Waals surface area contributed by atoms with E-state index in [2.05, 4.69) is 10.5 Å². The molecule has 6 heteroatoms. The Kier molecular flexibility index (Phi) is 4.05. The van der Waals surface area contributed by atoms with Crippen molar-refractivity contribution in [3.8, 4) is 17.0 Å². The van der Waals surface area contributed by atoms with Crippen molar-refractivity contribution in [2.24, 2.45) is 0 Å². The number of hydrogen-bond donors (Lipinski definition) is 1. The zero-order chi connectivity index (χ0) is 16.2. The van der Waals surface area contributed by atoms with Gasteiger partial charge in [0.2, 0.25) is 5.88 Å². The lowest BCUT2D eigenvalue weighted by Gasteiger charge is -2.02. The summed E-state index contributed by atoms with van der Waals surface area (Å²) in [5.74, 6) is 0.227. The van der Waals surface area contributed by atoms with Crippen molar-refractivity contribution in [1.82, 2.24) is 5.16 Å². The highest BCUT2D eigenvalue weighted by Gasteiger charge is 2.11. The Morgan fingerprint density at radius 1 is 1.13 bits per heavy atom. The van der Waals surface area contributed by atoms with Gasteiger partial charge in [-0.15, -0.1) is 0 Å². The van der Waals surface area contributed by atoms with Crippen LogP contribution in [-0.2, 0) is 0 Å². The number of rotatable bonds is 4. The molecule has 0 saturated carbocycles. The van der Waals surface area contributed by atoms with Crippen molar-refractivity contribution in [2.45, 2.75) is 0 Å². The van der Waals surface area contributed by atoms with Crippen LogP contribution in [0.2, 0.25) is 0 Å². The van der Waals surface area contributed by atoms with E-state index in [1.807, 2.05) is 0 Å². The number of halogens is 1. The van der Waals surface area contributed by atoms with Gasteiger partial charge in [-0.1, -0.05) is 5.16 Å². The van der Waals surface area contributed by atoms with Gasteiger partial charge in [0.15, 0.2) is 0 Å². The van der Waals surface area contributed by atoms with Crippen LogP contribution in [0.3, 0.4) is 0 Å². The second kappa shape index (κ2) is 6.31. The van der Waals surface area contributed by atoms with Crippen molar-refractivity contribution in [3.05, 3.63) is 66.0 Å². The van der Waals surface area contributed by atoms with Crippen LogP contribution >= 0.6 is 0 Å². The minimum absolute atomic E-state index is 0.213. The number of anilines is 1. The summed E-state index contributed by atoms with van der Waals surface area (Å²) in [7, 11) is 1.56. The minimum Gasteiger partial charge on any atom is -0.497 e. The molecule has 0 bridgehead atoms. The van der Waals surface area contributed by atoms with Gasteiger partial charge < -0.3 is 9.26 Å². The van der Waals surface area contributed by atoms with E-state index >= 15 is 0 Å². The summed E-state index contributed by atoms with van der Waals surface area (Å²) < 4.78 is 23.0. The number of nitrogens with one attached hydrogen (secondary N) is 1. The zero-order valence-corrected chi connectivity index (χ0v) is 12.2. The van der Waals surface area contributed by atoms with Gasteiger partial charge in [0, 0.05) is 17.2 Å². The van der Waals surface area contributed by atoms with E-state index in [9.17, 15) is 9.18 Å². The third-order valence-corrected chi connectivity index (χ3v) is 3.24. The smallest absolute Gasteiger partial charge is 0.258 e. The van der Waals surface area contributed by atoms with Crippen LogP contribution in [0.25, 0.3) is 11.3 Å². The van der Waals surface area contributed by atoms with Crippen LogP contribution in [-0.4, -0.2) is 18.2 Å². The van der Waals surface area contributed by atoms with Crippen LogP contribution in [0.15, 0.2) is 59.1 Å². The number of methoxy groups -OCH3 is 1. The lowest BCUT2D eigenvalue weighted by molar-refractivity contribution is 0.102. The van der Waals surface area contributed by atoms with Gasteiger partial charge in [0.1, 0.15) is 17.3 Å². The summed E-state index contributed by atoms with van der Waals surface area (Å²) in [6.07, 6.45) is 0. The molecule has 1 aromatic heterocycles. The van der Waals surface area contributed by atoms with E-state index in [1.54, 1.807) is 49.6 Å². The number of carbonyl (C=O) groups excluding carboxylic acids is 1. The Morgan fingerprint density at radius 2 is 1.83 bits per heavy atom. The van der Waals surface area contributed by atoms with Crippen LogP contribution < -0.4 is 10.1 Å². The molecule has 0 spiro atoms. The third kappa shape index (κ3) is 3.37. The molecular weight excluding hydrogens is 299 g/mol. The summed E-state index contributed by atoms with van der Waals surface area (Å²) in [4.78, 5) is 12.1. The van der Waals surface area contributed by atoms with Crippen LogP contribution in [0, 0.1) is 5.82 Å². The topological polar surface area (TPSA) is 64.4 Å². The molecule has 1 amide bonds. The van der Waals surface area contributed by atoms with Gasteiger partial charge in [0.05, 0.1) is 7.11 Å². The lowest BCUT2D eigenvalue weighted by atomic mass is 10.1. The first-order chi connectivity index (χ1) is 11.2. The van der Waals surface area contributed by atoms with E-state index in [0.29, 0.717) is 22.6 Å². The fourth-order valence-electron chi connectivity index (χ4n) is 2.02. The Labute approximate surface area is 131 Å². The molecule has 1 heterocycles. The molecule has 0 aliphatic rings. The van der Waals surface area contributed by atoms with Gasteiger partial charge in [-0.25, -0.2) is 4.39 Å². The number of amides is 1. The predicted molar refractivity (Wildman–Crippen MR) is 82.8 cm³/mol. The van der Waals surface area contributed by atoms with E-state index in [1.165, 1.54) is 12.1 Å². The quantitative estimate of drug-likeness (QED) is 0.797. The fraction of sp³-hybridized carbons (Fsp3) is 0.0588. The number of aromatic nitrogens is 1. The molecule has 0 saturated heterocycles. The Balaban J connectivity index is 1.73. The van der Waals surface area contributed by atoms with Crippen molar-refractivity contribution >= 4 is 11.8 Å². The van der Waals surface area contributed by atoms with E-state index < -0.39 is 0 Å². The number of nitrogens with zero attached hydrogens (tertiary/aromatic N) is 1. The van der Waals surface area contributed by atoms with Crippen molar-refractivity contribution in [2.75, 3.05) is 12.4 Å². The summed E-state index contributed by atoms with van der Waals surface area (Å²) in [6, 6.07) is 14.1. The minimum atomic E-state index is -0.328. The predicted octanol–water partition coefficient (Wildman–Crippen LogP) is 3.74. The molecular formula is C17H13FN2O3. The maximum absolute atomic E-state index is 12.9. The first-order valence-electron chi connectivity index (χ1n) is 6.84. The summed E-state index contributed by atoms with van der Waals surface area (Å²) >= 11 is 0. The second-order valence-corrected chi connectivity index (χ2v) is 4.77. The molecule has 0 unspecified atom stereocenters. The lowest BCUT2D eigenvalue weighted by Crippen LogP contribution is -2.11. The normalized spacial score (nSPS) is 10.3. The van der Waals surface area contributed by atoms with Crippen molar-refractivity contribution in [3.63, 3.8) is 0 Å². The average Bonchev–Trinajstić information content (AvgIpc) is 3.04. The maximum Gasteiger partial charge on any atom is 0.258 e. The molecule has 3 rings (SSSR count). The molecule has 5 nitrogen and oxygen atoms in total. The zero-order valence-electron chi connectivity index (χ0n) is 12.2. The molecule has 2 aromatic carbocycles. The molecule has 116 valence electrons. The van der Waals surface area contributed by atoms with E-state index in [-0.39, 0.29) is 17.6 Å². The summed E-state index contributed by atoms with van der Waals surface area (Å²) in [5, 5.41) is 6.47. The molecule has 23 heavy (non-hydrogen) atoms. The molecule has 0 fully saturated rings. The standard InChI is InChI=1S/C17H13FN2O3/c1-22-14-8-4-12(5-9-14)17(21)19-16-10-15(20-23-16)11-2-6-13(18)7-3-11/h2-10H,1H3,(H,19,21). The van der Waals surface area contributed by atoms with Gasteiger partial charge in [0.25, 0.3) is 5.91 Å². The highest BCUT2D eigenvalue weighted by atomic mass is 19.1. The summed E-state index contributed by atoms with van der Waals surface area (Å²) in [5.41, 5.74) is 1.67. The van der Waals surface area contributed by atoms with Gasteiger partial charge in [-0.3, -0.25) is 10.1 Å². The SMILES string of the molecule is COc1ccc(C(=O)Nc2cc(-c3ccc(F)cc3)no2)cc1. The van der Waals surface area contributed by atoms with Gasteiger partial charge in [-0.05, 0) is 48.5 Å². The fourth-order valence-corrected chi connectivity index (χ4v) is 2.02. The highest BCUT2D eigenvalue weighted by Crippen LogP contribution is 2.22. The molecule has 0 aliphatic carbocycles. The first-order valence-corrected chi connectivity index (χ1v) is 6.84. The molecule has 1 N–H and O–H groups in total. The highest BCUT2D eigenvalue weighted by molar-refractivity contribution is 6.03. The number of ether oxygens (including phenoxy) is 1. The molecule has 0 radical (unpaired) electrons. The Bertz CT molecular complexity index is 811. The molecule has 0 aliphatic heterocycles. The number of benzene rings is 2. The molecule has 0 atom stereocenters. The molecule has 3 aromatic rings. The Morgan fingerprint density at radius 3 is 2.48 bits per heavy atom. The number of hydrogen-bond acceptors (Lipinski definition) is 4. The van der Waals surface area contributed by atoms with Crippen LogP contribution in [0.4, 0.5) is 10.3 Å². The average molecular weight is 312 g/mol. The van der Waals surface area contributed by atoms with Gasteiger partial charge in [-0.2, -0.15) is 0 Å². The maximum atomic E-state index is 12.9. The van der Waals surface area contributed by atoms with Crippen molar-refractivity contribution in [1.29, 1.82) is 0 Å². The van der Waals surface area contributed by atoms with Crippen LogP contribution in [0.5, 0.6) is 5.75 Å². The first kappa shape index (κ1) is 14.8. The van der Waals surface area contributed by atoms with E-state index in [0.717, 1.165) is 0 Å². The van der Waals surface area contributed by atoms with Gasteiger partial charge >= 0.3 is 0 Å². The largest absolute Gasteiger partial charge is 0.497 e. The monoisotopic (exact) mass is 312 g/mol. The number of carbonyl (C=O) groups is 1. The summed E-state index contributed by atoms with van der Waals surface area (Å²) in [6.45, 7) is 0. The van der Waals surface area contributed by atoms with Crippen LogP contribution in [0.1, 0.15) is 10.4 Å². The third-order valence-electron chi connectivity index (χ3n) is 3.24. The van der Waals surface area contributed by atoms with Crippen molar-refractivity contribution < 1.29 is 18.4 Å². The Hall–Kier alpha value is -3.15.